The molecule has 1 fully saturated rings. The second-order valence-corrected chi connectivity index (χ2v) is 5.47. The molecule has 1 aromatic heterocycles. The van der Waals surface area contributed by atoms with Crippen molar-refractivity contribution in [3.63, 3.8) is 0 Å². The topological polar surface area (TPSA) is 31.4 Å². The van der Waals surface area contributed by atoms with Gasteiger partial charge in [-0.05, 0) is 32.1 Å². The first-order valence-corrected chi connectivity index (χ1v) is 7.38. The summed E-state index contributed by atoms with van der Waals surface area (Å²) in [4.78, 5) is 9.38. The Morgan fingerprint density at radius 2 is 2.00 bits per heavy atom. The van der Waals surface area contributed by atoms with Crippen LogP contribution in [0.15, 0.2) is 12.1 Å². The zero-order valence-corrected chi connectivity index (χ0v) is 12.6. The first-order chi connectivity index (χ1) is 9.20. The van der Waals surface area contributed by atoms with Crippen LogP contribution in [-0.4, -0.2) is 49.7 Å². The first-order valence-electron chi connectivity index (χ1n) is 7.00. The molecule has 1 aromatic rings. The zero-order chi connectivity index (χ0) is 13.7. The monoisotopic (exact) mass is 282 g/mol. The number of hydrogen-bond acceptors (Lipinski definition) is 4. The quantitative estimate of drug-likeness (QED) is 0.837. The Balaban J connectivity index is 2.03. The lowest BCUT2D eigenvalue weighted by Gasteiger charge is -2.33. The second kappa shape index (κ2) is 7.08. The van der Waals surface area contributed by atoms with Gasteiger partial charge in [-0.3, -0.25) is 0 Å². The Kier molecular flexibility index (Phi) is 5.43. The minimum atomic E-state index is 0.744. The van der Waals surface area contributed by atoms with Gasteiger partial charge in [0, 0.05) is 32.7 Å². The van der Waals surface area contributed by atoms with Crippen molar-refractivity contribution in [1.29, 1.82) is 0 Å². The van der Waals surface area contributed by atoms with Crippen LogP contribution in [0.4, 0.5) is 5.82 Å². The molecule has 0 aliphatic carbocycles. The van der Waals surface area contributed by atoms with Crippen LogP contribution in [0.1, 0.15) is 19.0 Å². The van der Waals surface area contributed by atoms with Gasteiger partial charge in [0.05, 0.1) is 10.7 Å². The standard InChI is InChI=1S/C14H23ClN4/c1-3-6-16-11-13-12(15)4-5-14(17-13)19-9-7-18(2)8-10-19/h4-5,16H,3,6-11H2,1-2H3. The molecule has 106 valence electrons. The summed E-state index contributed by atoms with van der Waals surface area (Å²) in [7, 11) is 2.16. The summed E-state index contributed by atoms with van der Waals surface area (Å²) in [5, 5.41) is 4.11. The molecule has 1 aliphatic heterocycles. The van der Waals surface area contributed by atoms with Gasteiger partial charge in [0.15, 0.2) is 0 Å². The molecule has 2 rings (SSSR count). The maximum Gasteiger partial charge on any atom is 0.129 e. The Hall–Kier alpha value is -0.840. The molecule has 0 radical (unpaired) electrons. The predicted octanol–water partition coefficient (Wildman–Crippen LogP) is 1.99. The van der Waals surface area contributed by atoms with E-state index in [2.05, 4.69) is 29.1 Å². The van der Waals surface area contributed by atoms with Gasteiger partial charge in [0.1, 0.15) is 5.82 Å². The molecule has 1 saturated heterocycles. The summed E-state index contributed by atoms with van der Waals surface area (Å²) in [6.07, 6.45) is 1.12. The third-order valence-corrected chi connectivity index (χ3v) is 3.79. The van der Waals surface area contributed by atoms with E-state index < -0.39 is 0 Å². The summed E-state index contributed by atoms with van der Waals surface area (Å²) < 4.78 is 0. The number of nitrogens with one attached hydrogen (secondary N) is 1. The van der Waals surface area contributed by atoms with Gasteiger partial charge in [-0.25, -0.2) is 4.98 Å². The average Bonchev–Trinajstić information content (AvgIpc) is 2.42. The van der Waals surface area contributed by atoms with Crippen LogP contribution in [0, 0.1) is 0 Å². The highest BCUT2D eigenvalue weighted by molar-refractivity contribution is 6.31. The summed E-state index contributed by atoms with van der Waals surface area (Å²) in [5.74, 6) is 1.05. The van der Waals surface area contributed by atoms with Crippen molar-refractivity contribution in [1.82, 2.24) is 15.2 Å². The number of aromatic nitrogens is 1. The van der Waals surface area contributed by atoms with Crippen molar-refractivity contribution < 1.29 is 0 Å². The van der Waals surface area contributed by atoms with Crippen LogP contribution in [-0.2, 0) is 6.54 Å². The zero-order valence-electron chi connectivity index (χ0n) is 11.8. The van der Waals surface area contributed by atoms with Crippen molar-refractivity contribution in [2.24, 2.45) is 0 Å². The van der Waals surface area contributed by atoms with E-state index in [1.807, 2.05) is 12.1 Å². The average molecular weight is 283 g/mol. The Labute approximate surface area is 120 Å². The van der Waals surface area contributed by atoms with E-state index in [1.165, 1.54) is 0 Å². The molecule has 19 heavy (non-hydrogen) atoms. The number of likely N-dealkylation sites (N-methyl/N-ethyl adjacent to an activating group) is 1. The van der Waals surface area contributed by atoms with Crippen LogP contribution in [0.25, 0.3) is 0 Å². The second-order valence-electron chi connectivity index (χ2n) is 5.07. The Morgan fingerprint density at radius 1 is 1.26 bits per heavy atom. The van der Waals surface area contributed by atoms with Gasteiger partial charge in [0.2, 0.25) is 0 Å². The van der Waals surface area contributed by atoms with E-state index in [0.29, 0.717) is 0 Å². The lowest BCUT2D eigenvalue weighted by molar-refractivity contribution is 0.312. The minimum absolute atomic E-state index is 0.744. The van der Waals surface area contributed by atoms with Crippen LogP contribution in [0.3, 0.4) is 0 Å². The third kappa shape index (κ3) is 4.06. The summed E-state index contributed by atoms with van der Waals surface area (Å²) in [5.41, 5.74) is 0.951. The van der Waals surface area contributed by atoms with Crippen LogP contribution in [0.2, 0.25) is 5.02 Å². The van der Waals surface area contributed by atoms with Gasteiger partial charge in [0.25, 0.3) is 0 Å². The summed E-state index contributed by atoms with van der Waals surface area (Å²) in [6.45, 7) is 8.15. The highest BCUT2D eigenvalue weighted by atomic mass is 35.5. The molecule has 0 atom stereocenters. The van der Waals surface area contributed by atoms with Gasteiger partial charge >= 0.3 is 0 Å². The number of piperazine rings is 1. The highest BCUT2D eigenvalue weighted by Crippen LogP contribution is 2.20. The molecular weight excluding hydrogens is 260 g/mol. The lowest BCUT2D eigenvalue weighted by atomic mass is 10.3. The van der Waals surface area contributed by atoms with E-state index in [-0.39, 0.29) is 0 Å². The molecule has 2 heterocycles. The van der Waals surface area contributed by atoms with Gasteiger partial charge in [-0.1, -0.05) is 18.5 Å². The van der Waals surface area contributed by atoms with Gasteiger partial charge in [-0.2, -0.15) is 0 Å². The number of anilines is 1. The smallest absolute Gasteiger partial charge is 0.129 e. The molecule has 0 aromatic carbocycles. The fourth-order valence-corrected chi connectivity index (χ4v) is 2.36. The van der Waals surface area contributed by atoms with Crippen molar-refractivity contribution in [3.05, 3.63) is 22.8 Å². The van der Waals surface area contributed by atoms with E-state index in [1.54, 1.807) is 0 Å². The van der Waals surface area contributed by atoms with Crippen LogP contribution in [0.5, 0.6) is 0 Å². The summed E-state index contributed by atoms with van der Waals surface area (Å²) >= 11 is 6.21. The number of pyridine rings is 1. The predicted molar refractivity (Wildman–Crippen MR) is 81.0 cm³/mol. The molecule has 5 heteroatoms. The molecule has 1 aliphatic rings. The number of rotatable bonds is 5. The van der Waals surface area contributed by atoms with Crippen molar-refractivity contribution in [2.45, 2.75) is 19.9 Å². The molecule has 0 spiro atoms. The lowest BCUT2D eigenvalue weighted by Crippen LogP contribution is -2.44. The number of nitrogens with zero attached hydrogens (tertiary/aromatic N) is 3. The van der Waals surface area contributed by atoms with E-state index in [4.69, 9.17) is 16.6 Å². The van der Waals surface area contributed by atoms with Gasteiger partial charge in [-0.15, -0.1) is 0 Å². The fourth-order valence-electron chi connectivity index (χ4n) is 2.19. The molecular formula is C14H23ClN4. The maximum absolute atomic E-state index is 6.21. The van der Waals surface area contributed by atoms with Crippen molar-refractivity contribution in [2.75, 3.05) is 44.7 Å². The van der Waals surface area contributed by atoms with E-state index in [0.717, 1.165) is 62.2 Å². The first kappa shape index (κ1) is 14.6. The Morgan fingerprint density at radius 3 is 2.68 bits per heavy atom. The molecule has 0 unspecified atom stereocenters. The Bertz CT molecular complexity index is 402. The van der Waals surface area contributed by atoms with Crippen LogP contribution >= 0.6 is 11.6 Å². The van der Waals surface area contributed by atoms with E-state index in [9.17, 15) is 0 Å². The largest absolute Gasteiger partial charge is 0.354 e. The van der Waals surface area contributed by atoms with Crippen molar-refractivity contribution >= 4 is 17.4 Å². The van der Waals surface area contributed by atoms with Gasteiger partial charge < -0.3 is 15.1 Å². The van der Waals surface area contributed by atoms with Crippen LogP contribution < -0.4 is 10.2 Å². The molecule has 0 amide bonds. The molecule has 0 saturated carbocycles. The number of halogens is 1. The minimum Gasteiger partial charge on any atom is -0.354 e. The molecule has 0 bridgehead atoms. The molecule has 4 nitrogen and oxygen atoms in total. The SMILES string of the molecule is CCCNCc1nc(N2CCN(C)CC2)ccc1Cl. The molecule has 1 N–H and O–H groups in total. The highest BCUT2D eigenvalue weighted by Gasteiger charge is 2.16. The third-order valence-electron chi connectivity index (χ3n) is 3.45. The number of hydrogen-bond donors (Lipinski definition) is 1. The summed E-state index contributed by atoms with van der Waals surface area (Å²) in [6, 6.07) is 3.99. The fraction of sp³-hybridized carbons (Fsp3) is 0.643. The van der Waals surface area contributed by atoms with E-state index >= 15 is 0 Å². The maximum atomic E-state index is 6.21. The van der Waals surface area contributed by atoms with Crippen molar-refractivity contribution in [3.8, 4) is 0 Å². The normalized spacial score (nSPS) is 16.9.